The summed E-state index contributed by atoms with van der Waals surface area (Å²) in [7, 11) is 3.98. The zero-order chi connectivity index (χ0) is 21.7. The molecule has 0 fully saturated rings. The lowest BCUT2D eigenvalue weighted by Gasteiger charge is -2.27. The van der Waals surface area contributed by atoms with E-state index in [4.69, 9.17) is 9.97 Å². The molecule has 1 aliphatic heterocycles. The van der Waals surface area contributed by atoms with E-state index < -0.39 is 0 Å². The minimum absolute atomic E-state index is 0.0832. The summed E-state index contributed by atoms with van der Waals surface area (Å²) in [4.78, 5) is 26.9. The molecule has 3 heterocycles. The predicted molar refractivity (Wildman–Crippen MR) is 125 cm³/mol. The third kappa shape index (κ3) is 3.22. The SMILES string of the molecule is Cc1cc2c3c(ccc(-c4ccc(N(C)C)nc4C)c3n1)C(=O)N2C(C)CC(C)C. The van der Waals surface area contributed by atoms with Gasteiger partial charge in [0.1, 0.15) is 5.82 Å². The van der Waals surface area contributed by atoms with Gasteiger partial charge in [0.25, 0.3) is 5.91 Å². The highest BCUT2D eigenvalue weighted by molar-refractivity contribution is 6.26. The van der Waals surface area contributed by atoms with Gasteiger partial charge in [0.15, 0.2) is 0 Å². The lowest BCUT2D eigenvalue weighted by Crippen LogP contribution is -2.36. The van der Waals surface area contributed by atoms with Gasteiger partial charge in [-0.05, 0) is 57.4 Å². The van der Waals surface area contributed by atoms with Crippen molar-refractivity contribution in [2.45, 2.75) is 47.1 Å². The van der Waals surface area contributed by atoms with Crippen LogP contribution in [0, 0.1) is 19.8 Å². The Hall–Kier alpha value is -2.95. The van der Waals surface area contributed by atoms with Gasteiger partial charge in [0.05, 0.1) is 16.8 Å². The van der Waals surface area contributed by atoms with Crippen LogP contribution in [0.3, 0.4) is 0 Å². The molecule has 30 heavy (non-hydrogen) atoms. The number of aromatic nitrogens is 2. The van der Waals surface area contributed by atoms with Crippen LogP contribution in [0.5, 0.6) is 0 Å². The Labute approximate surface area is 178 Å². The van der Waals surface area contributed by atoms with E-state index in [2.05, 4.69) is 32.9 Å². The summed E-state index contributed by atoms with van der Waals surface area (Å²) >= 11 is 0. The van der Waals surface area contributed by atoms with Crippen molar-refractivity contribution in [1.82, 2.24) is 9.97 Å². The average Bonchev–Trinajstić information content (AvgIpc) is 2.94. The van der Waals surface area contributed by atoms with Crippen molar-refractivity contribution < 1.29 is 4.79 Å². The molecule has 0 saturated carbocycles. The largest absolute Gasteiger partial charge is 0.363 e. The second kappa shape index (κ2) is 7.38. The number of hydrogen-bond donors (Lipinski definition) is 0. The third-order valence-corrected chi connectivity index (χ3v) is 5.85. The topological polar surface area (TPSA) is 49.3 Å². The lowest BCUT2D eigenvalue weighted by molar-refractivity contribution is 0.0982. The molecule has 5 nitrogen and oxygen atoms in total. The van der Waals surface area contributed by atoms with Crippen LogP contribution in [0.1, 0.15) is 48.9 Å². The fourth-order valence-electron chi connectivity index (χ4n) is 4.58. The summed E-state index contributed by atoms with van der Waals surface area (Å²) in [6, 6.07) is 10.3. The second-order valence-corrected chi connectivity index (χ2v) is 9.02. The van der Waals surface area contributed by atoms with Crippen molar-refractivity contribution in [3.05, 3.63) is 47.3 Å². The van der Waals surface area contributed by atoms with Crippen LogP contribution in [0.2, 0.25) is 0 Å². The Morgan fingerprint density at radius 2 is 1.63 bits per heavy atom. The van der Waals surface area contributed by atoms with Gasteiger partial charge in [-0.2, -0.15) is 0 Å². The first-order valence-electron chi connectivity index (χ1n) is 10.6. The highest BCUT2D eigenvalue weighted by Crippen LogP contribution is 2.43. The summed E-state index contributed by atoms with van der Waals surface area (Å²) < 4.78 is 0. The zero-order valence-corrected chi connectivity index (χ0v) is 18.9. The zero-order valence-electron chi connectivity index (χ0n) is 18.9. The molecule has 1 unspecified atom stereocenters. The quantitative estimate of drug-likeness (QED) is 0.575. The first-order chi connectivity index (χ1) is 14.2. The molecule has 156 valence electrons. The Bertz CT molecular complexity index is 1150. The fourth-order valence-corrected chi connectivity index (χ4v) is 4.58. The van der Waals surface area contributed by atoms with Crippen LogP contribution in [0.25, 0.3) is 22.0 Å². The van der Waals surface area contributed by atoms with E-state index in [0.29, 0.717) is 5.92 Å². The maximum absolute atomic E-state index is 13.3. The van der Waals surface area contributed by atoms with E-state index in [1.165, 1.54) is 0 Å². The molecule has 4 rings (SSSR count). The maximum atomic E-state index is 13.3. The van der Waals surface area contributed by atoms with Crippen molar-refractivity contribution in [3.8, 4) is 11.1 Å². The highest BCUT2D eigenvalue weighted by atomic mass is 16.2. The molecule has 5 heteroatoms. The summed E-state index contributed by atoms with van der Waals surface area (Å²) in [6.07, 6.45) is 0.963. The monoisotopic (exact) mass is 402 g/mol. The Kier molecular flexibility index (Phi) is 5.00. The third-order valence-electron chi connectivity index (χ3n) is 5.85. The average molecular weight is 403 g/mol. The molecule has 2 aromatic heterocycles. The van der Waals surface area contributed by atoms with Gasteiger partial charge in [-0.15, -0.1) is 0 Å². The normalized spacial score (nSPS) is 14.1. The number of carbonyl (C=O) groups is 1. The van der Waals surface area contributed by atoms with Crippen LogP contribution in [0.15, 0.2) is 30.3 Å². The van der Waals surface area contributed by atoms with E-state index in [1.54, 1.807) is 0 Å². The standard InChI is InChI=1S/C25H30N4O/c1-14(2)12-16(4)29-21-13-15(3)26-24-19(8-9-20(23(21)24)25(29)30)18-10-11-22(28(6)7)27-17(18)5/h8-11,13-14,16H,12H2,1-7H3. The molecule has 0 radical (unpaired) electrons. The number of benzene rings is 1. The fraction of sp³-hybridized carbons (Fsp3) is 0.400. The number of pyridine rings is 2. The molecule has 3 aromatic rings. The summed E-state index contributed by atoms with van der Waals surface area (Å²) in [5.41, 5.74) is 6.58. The number of rotatable bonds is 5. The van der Waals surface area contributed by atoms with E-state index in [1.807, 2.05) is 55.9 Å². The van der Waals surface area contributed by atoms with Crippen molar-refractivity contribution in [1.29, 1.82) is 0 Å². The number of nitrogens with zero attached hydrogens (tertiary/aromatic N) is 4. The van der Waals surface area contributed by atoms with Gasteiger partial charge >= 0.3 is 0 Å². The van der Waals surface area contributed by atoms with E-state index in [-0.39, 0.29) is 11.9 Å². The molecule has 1 atom stereocenters. The molecule has 0 N–H and O–H groups in total. The molecular weight excluding hydrogens is 372 g/mol. The smallest absolute Gasteiger partial charge is 0.259 e. The number of anilines is 2. The van der Waals surface area contributed by atoms with Crippen LogP contribution in [-0.4, -0.2) is 36.0 Å². The van der Waals surface area contributed by atoms with Gasteiger partial charge in [-0.3, -0.25) is 9.78 Å². The van der Waals surface area contributed by atoms with Crippen LogP contribution in [-0.2, 0) is 0 Å². The summed E-state index contributed by atoms with van der Waals surface area (Å²) in [6.45, 7) is 10.6. The summed E-state index contributed by atoms with van der Waals surface area (Å²) in [5, 5.41) is 0.967. The molecule has 1 amide bonds. The van der Waals surface area contributed by atoms with Crippen molar-refractivity contribution in [2.75, 3.05) is 23.9 Å². The molecule has 0 aliphatic carbocycles. The molecule has 0 saturated heterocycles. The van der Waals surface area contributed by atoms with Crippen molar-refractivity contribution in [3.63, 3.8) is 0 Å². The number of aryl methyl sites for hydroxylation is 2. The van der Waals surface area contributed by atoms with E-state index in [0.717, 1.165) is 56.9 Å². The molecular formula is C25H30N4O. The maximum Gasteiger partial charge on any atom is 0.259 e. The lowest BCUT2D eigenvalue weighted by atomic mass is 9.97. The van der Waals surface area contributed by atoms with Crippen molar-refractivity contribution >= 4 is 28.3 Å². The first-order valence-corrected chi connectivity index (χ1v) is 10.6. The van der Waals surface area contributed by atoms with Gasteiger partial charge < -0.3 is 9.80 Å². The number of hydrogen-bond acceptors (Lipinski definition) is 4. The molecule has 1 aliphatic rings. The van der Waals surface area contributed by atoms with Crippen LogP contribution in [0.4, 0.5) is 11.5 Å². The highest BCUT2D eigenvalue weighted by Gasteiger charge is 2.35. The van der Waals surface area contributed by atoms with Crippen molar-refractivity contribution in [2.24, 2.45) is 5.92 Å². The van der Waals surface area contributed by atoms with Gasteiger partial charge in [-0.1, -0.05) is 19.9 Å². The van der Waals surface area contributed by atoms with Gasteiger partial charge in [-0.25, -0.2) is 4.98 Å². The Balaban J connectivity index is 1.93. The minimum Gasteiger partial charge on any atom is -0.363 e. The van der Waals surface area contributed by atoms with E-state index >= 15 is 0 Å². The predicted octanol–water partition coefficient (Wildman–Crippen LogP) is 5.37. The minimum atomic E-state index is 0.0832. The second-order valence-electron chi connectivity index (χ2n) is 9.02. The van der Waals surface area contributed by atoms with Gasteiger partial charge in [0, 0.05) is 48.0 Å². The van der Waals surface area contributed by atoms with Crippen LogP contribution >= 0.6 is 0 Å². The molecule has 1 aromatic carbocycles. The Morgan fingerprint density at radius 3 is 2.27 bits per heavy atom. The number of amides is 1. The first kappa shape index (κ1) is 20.3. The molecule has 0 spiro atoms. The summed E-state index contributed by atoms with van der Waals surface area (Å²) in [5.74, 6) is 1.53. The molecule has 0 bridgehead atoms. The van der Waals surface area contributed by atoms with E-state index in [9.17, 15) is 4.79 Å². The van der Waals surface area contributed by atoms with Crippen LogP contribution < -0.4 is 9.80 Å². The number of carbonyl (C=O) groups excluding carboxylic acids is 1. The Morgan fingerprint density at radius 1 is 0.967 bits per heavy atom. The van der Waals surface area contributed by atoms with Gasteiger partial charge in [0.2, 0.25) is 0 Å².